The number of hydrogen-bond donors (Lipinski definition) is 0. The van der Waals surface area contributed by atoms with Crippen LogP contribution in [-0.4, -0.2) is 11.4 Å². The molecule has 0 aliphatic rings. The van der Waals surface area contributed by atoms with E-state index in [1.807, 2.05) is 16.9 Å². The van der Waals surface area contributed by atoms with Crippen LogP contribution >= 0.6 is 21.6 Å². The molecule has 16 heavy (non-hydrogen) atoms. The zero-order valence-electron chi connectivity index (χ0n) is 10.3. The molecule has 0 N–H and O–H groups in total. The highest BCUT2D eigenvalue weighted by Gasteiger charge is 2.15. The molecule has 0 saturated carbocycles. The Labute approximate surface area is 107 Å². The fourth-order valence-electron chi connectivity index (χ4n) is 1.18. The quantitative estimate of drug-likeness (QED) is 0.529. The minimum Gasteiger partial charge on any atom is -0.359 e. The first-order chi connectivity index (χ1) is 7.59. The topological polar surface area (TPSA) is 9.23 Å². The standard InChI is InChI=1S/C13H20OS2/c1-10(2)14-13(16-15-11(3)4)12-8-6-5-7-9-12/h5-11,13H,1-4H3. The molecular weight excluding hydrogens is 236 g/mol. The lowest BCUT2D eigenvalue weighted by Crippen LogP contribution is -2.07. The third-order valence-corrected chi connectivity index (χ3v) is 4.87. The molecule has 0 aliphatic heterocycles. The molecule has 0 radical (unpaired) electrons. The van der Waals surface area contributed by atoms with E-state index in [4.69, 9.17) is 4.74 Å². The lowest BCUT2D eigenvalue weighted by Gasteiger charge is -2.20. The van der Waals surface area contributed by atoms with Gasteiger partial charge in [-0.25, -0.2) is 0 Å². The third kappa shape index (κ3) is 5.28. The van der Waals surface area contributed by atoms with Gasteiger partial charge in [0.15, 0.2) is 0 Å². The van der Waals surface area contributed by atoms with Crippen LogP contribution in [-0.2, 0) is 4.74 Å². The van der Waals surface area contributed by atoms with Crippen LogP contribution in [0.5, 0.6) is 0 Å². The lowest BCUT2D eigenvalue weighted by atomic mass is 10.2. The predicted octanol–water partition coefficient (Wildman–Crippen LogP) is 4.90. The predicted molar refractivity (Wildman–Crippen MR) is 75.7 cm³/mol. The van der Waals surface area contributed by atoms with Crippen LogP contribution in [0.25, 0.3) is 0 Å². The van der Waals surface area contributed by atoms with Crippen LogP contribution in [0.15, 0.2) is 30.3 Å². The molecular formula is C13H20OS2. The molecule has 1 aromatic carbocycles. The number of hydrogen-bond acceptors (Lipinski definition) is 3. The Bertz CT molecular complexity index is 285. The summed E-state index contributed by atoms with van der Waals surface area (Å²) in [4.78, 5) is 0. The van der Waals surface area contributed by atoms with Crippen LogP contribution in [0.1, 0.15) is 38.7 Å². The minimum atomic E-state index is 0.133. The van der Waals surface area contributed by atoms with E-state index in [-0.39, 0.29) is 11.5 Å². The normalized spacial score (nSPS) is 13.4. The molecule has 0 heterocycles. The molecule has 0 fully saturated rings. The highest BCUT2D eigenvalue weighted by atomic mass is 33.1. The van der Waals surface area contributed by atoms with E-state index in [0.29, 0.717) is 5.25 Å². The fourth-order valence-corrected chi connectivity index (χ4v) is 3.47. The van der Waals surface area contributed by atoms with Crippen molar-refractivity contribution in [3.05, 3.63) is 35.9 Å². The third-order valence-electron chi connectivity index (χ3n) is 1.80. The molecule has 0 aromatic heterocycles. The summed E-state index contributed by atoms with van der Waals surface area (Å²) < 4.78 is 5.93. The summed E-state index contributed by atoms with van der Waals surface area (Å²) in [6.45, 7) is 8.57. The molecule has 1 aromatic rings. The zero-order valence-corrected chi connectivity index (χ0v) is 12.0. The first-order valence-electron chi connectivity index (χ1n) is 5.62. The second-order valence-electron chi connectivity index (χ2n) is 4.17. The second kappa shape index (κ2) is 7.25. The van der Waals surface area contributed by atoms with E-state index in [9.17, 15) is 0 Å². The molecule has 0 aliphatic carbocycles. The Kier molecular flexibility index (Phi) is 6.32. The molecule has 1 nitrogen and oxygen atoms in total. The van der Waals surface area contributed by atoms with Crippen LogP contribution in [0.2, 0.25) is 0 Å². The SMILES string of the molecule is CC(C)OC(SSC(C)C)c1ccccc1. The second-order valence-corrected chi connectivity index (χ2v) is 7.08. The summed E-state index contributed by atoms with van der Waals surface area (Å²) in [6.07, 6.45) is 0.255. The van der Waals surface area contributed by atoms with E-state index in [1.165, 1.54) is 5.56 Å². The number of rotatable bonds is 6. The average molecular weight is 256 g/mol. The molecule has 1 rings (SSSR count). The van der Waals surface area contributed by atoms with Gasteiger partial charge in [-0.05, 0) is 19.4 Å². The Balaban J connectivity index is 2.64. The van der Waals surface area contributed by atoms with Crippen molar-refractivity contribution in [2.24, 2.45) is 0 Å². The van der Waals surface area contributed by atoms with Crippen molar-refractivity contribution < 1.29 is 4.74 Å². The zero-order chi connectivity index (χ0) is 12.0. The number of benzene rings is 1. The summed E-state index contributed by atoms with van der Waals surface area (Å²) in [5, 5.41) is 0.618. The molecule has 90 valence electrons. The van der Waals surface area contributed by atoms with E-state index in [2.05, 4.69) is 52.0 Å². The molecule has 0 spiro atoms. The van der Waals surface area contributed by atoms with E-state index in [1.54, 1.807) is 10.8 Å². The first-order valence-corrected chi connectivity index (χ1v) is 7.89. The lowest BCUT2D eigenvalue weighted by molar-refractivity contribution is 0.0599. The monoisotopic (exact) mass is 256 g/mol. The van der Waals surface area contributed by atoms with Gasteiger partial charge in [0, 0.05) is 5.25 Å². The fraction of sp³-hybridized carbons (Fsp3) is 0.538. The average Bonchev–Trinajstić information content (AvgIpc) is 2.25. The largest absolute Gasteiger partial charge is 0.359 e. The van der Waals surface area contributed by atoms with Crippen molar-refractivity contribution in [1.82, 2.24) is 0 Å². The van der Waals surface area contributed by atoms with Gasteiger partial charge in [0.05, 0.1) is 6.10 Å². The maximum atomic E-state index is 5.93. The van der Waals surface area contributed by atoms with Crippen molar-refractivity contribution >= 4 is 21.6 Å². The Hall–Kier alpha value is -0.120. The van der Waals surface area contributed by atoms with Crippen LogP contribution < -0.4 is 0 Å². The van der Waals surface area contributed by atoms with Crippen LogP contribution in [0, 0.1) is 0 Å². The van der Waals surface area contributed by atoms with Gasteiger partial charge in [-0.3, -0.25) is 0 Å². The minimum absolute atomic E-state index is 0.133. The van der Waals surface area contributed by atoms with Gasteiger partial charge < -0.3 is 4.74 Å². The van der Waals surface area contributed by atoms with Crippen LogP contribution in [0.3, 0.4) is 0 Å². The Morgan fingerprint density at radius 3 is 2.06 bits per heavy atom. The van der Waals surface area contributed by atoms with E-state index >= 15 is 0 Å². The van der Waals surface area contributed by atoms with Gasteiger partial charge >= 0.3 is 0 Å². The Morgan fingerprint density at radius 2 is 1.56 bits per heavy atom. The molecule has 3 heteroatoms. The van der Waals surface area contributed by atoms with Crippen molar-refractivity contribution in [3.63, 3.8) is 0 Å². The van der Waals surface area contributed by atoms with Crippen molar-refractivity contribution in [3.8, 4) is 0 Å². The maximum Gasteiger partial charge on any atom is 0.138 e. The van der Waals surface area contributed by atoms with Gasteiger partial charge in [-0.2, -0.15) is 0 Å². The smallest absolute Gasteiger partial charge is 0.138 e. The van der Waals surface area contributed by atoms with E-state index < -0.39 is 0 Å². The molecule has 0 saturated heterocycles. The van der Waals surface area contributed by atoms with Gasteiger partial charge in [-0.15, -0.1) is 0 Å². The first kappa shape index (κ1) is 13.9. The van der Waals surface area contributed by atoms with Gasteiger partial charge in [-0.1, -0.05) is 65.8 Å². The summed E-state index contributed by atoms with van der Waals surface area (Å²) in [5.74, 6) is 0. The highest BCUT2D eigenvalue weighted by molar-refractivity contribution is 8.76. The summed E-state index contributed by atoms with van der Waals surface area (Å²) in [7, 11) is 3.67. The molecule has 0 amide bonds. The molecule has 1 unspecified atom stereocenters. The molecule has 0 bridgehead atoms. The number of ether oxygens (including phenoxy) is 1. The maximum absolute atomic E-state index is 5.93. The van der Waals surface area contributed by atoms with Crippen molar-refractivity contribution in [2.75, 3.05) is 0 Å². The Morgan fingerprint density at radius 1 is 0.938 bits per heavy atom. The molecule has 1 atom stereocenters. The van der Waals surface area contributed by atoms with Gasteiger partial charge in [0.2, 0.25) is 0 Å². The summed E-state index contributed by atoms with van der Waals surface area (Å²) >= 11 is 0. The van der Waals surface area contributed by atoms with E-state index in [0.717, 1.165) is 0 Å². The highest BCUT2D eigenvalue weighted by Crippen LogP contribution is 2.41. The summed E-state index contributed by atoms with van der Waals surface area (Å²) in [5.41, 5.74) is 1.38. The summed E-state index contributed by atoms with van der Waals surface area (Å²) in [6, 6.07) is 10.4. The van der Waals surface area contributed by atoms with Crippen molar-refractivity contribution in [1.29, 1.82) is 0 Å². The van der Waals surface area contributed by atoms with Crippen molar-refractivity contribution in [2.45, 2.75) is 44.5 Å². The van der Waals surface area contributed by atoms with Crippen LogP contribution in [0.4, 0.5) is 0 Å². The van der Waals surface area contributed by atoms with Gasteiger partial charge in [0.25, 0.3) is 0 Å². The van der Waals surface area contributed by atoms with Gasteiger partial charge in [0.1, 0.15) is 5.44 Å².